The zero-order valence-corrected chi connectivity index (χ0v) is 21.5. The summed E-state index contributed by atoms with van der Waals surface area (Å²) in [6.07, 6.45) is -0.872. The molecule has 2 N–H and O–H groups in total. The van der Waals surface area contributed by atoms with E-state index in [0.717, 1.165) is 33.7 Å². The number of halogens is 3. The zero-order chi connectivity index (χ0) is 27.6. The molecule has 39 heavy (non-hydrogen) atoms. The van der Waals surface area contributed by atoms with Gasteiger partial charge in [-0.2, -0.15) is 13.2 Å². The average molecular weight is 540 g/mol. The fraction of sp³-hybridized carbons (Fsp3) is 0.346. The van der Waals surface area contributed by atoms with E-state index in [1.54, 1.807) is 18.6 Å². The molecule has 0 unspecified atom stereocenters. The molecule has 10 nitrogen and oxygen atoms in total. The van der Waals surface area contributed by atoms with E-state index >= 15 is 0 Å². The topological polar surface area (TPSA) is 106 Å². The first kappa shape index (κ1) is 26.4. The number of carbonyl (C=O) groups excluding carboxylic acids is 1. The predicted octanol–water partition coefficient (Wildman–Crippen LogP) is 3.82. The Hall–Kier alpha value is -4.26. The number of nitrogens with zero attached hydrogens (tertiary/aromatic N) is 7. The molecule has 5 rings (SSSR count). The molecule has 4 heterocycles. The van der Waals surface area contributed by atoms with Crippen LogP contribution in [0.2, 0.25) is 0 Å². The van der Waals surface area contributed by atoms with Gasteiger partial charge in [-0.15, -0.1) is 0 Å². The lowest BCUT2D eigenvalue weighted by atomic mass is 10.1. The van der Waals surface area contributed by atoms with Crippen molar-refractivity contribution < 1.29 is 18.0 Å². The minimum absolute atomic E-state index is 0.274. The van der Waals surface area contributed by atoms with Crippen LogP contribution in [0.1, 0.15) is 12.0 Å². The third kappa shape index (κ3) is 6.42. The molecular weight excluding hydrogens is 511 g/mol. The first-order valence-electron chi connectivity index (χ1n) is 12.4. The van der Waals surface area contributed by atoms with Gasteiger partial charge in [0.25, 0.3) is 0 Å². The Morgan fingerprint density at radius 2 is 1.79 bits per heavy atom. The Kier molecular flexibility index (Phi) is 7.33. The standard InChI is InChI=1S/C26H28F3N9O/c1-36(2)24-23(31-7-8-32-24)18-3-4-19-20(14-18)34-25(33-19)35-21-13-17(5-6-30-21)16-37-9-11-38(12-10-37)22(39)15-26(27,28)29/h3-8,13-14H,9-12,15-16H2,1-2H3,(H2,30,33,34,35). The van der Waals surface area contributed by atoms with Crippen LogP contribution in [0.15, 0.2) is 48.9 Å². The summed E-state index contributed by atoms with van der Waals surface area (Å²) in [5, 5.41) is 3.21. The Morgan fingerprint density at radius 3 is 2.54 bits per heavy atom. The van der Waals surface area contributed by atoms with Gasteiger partial charge < -0.3 is 20.1 Å². The minimum Gasteiger partial charge on any atom is -0.361 e. The van der Waals surface area contributed by atoms with Gasteiger partial charge in [0.2, 0.25) is 11.9 Å². The monoisotopic (exact) mass is 539 g/mol. The van der Waals surface area contributed by atoms with Gasteiger partial charge in [-0.25, -0.2) is 15.0 Å². The number of rotatable bonds is 7. The fourth-order valence-electron chi connectivity index (χ4n) is 4.54. The number of nitrogens with one attached hydrogen (secondary N) is 2. The molecule has 1 fully saturated rings. The summed E-state index contributed by atoms with van der Waals surface area (Å²) >= 11 is 0. The number of pyridine rings is 1. The second kappa shape index (κ2) is 10.8. The molecule has 1 saturated heterocycles. The second-order valence-corrected chi connectivity index (χ2v) is 9.56. The highest BCUT2D eigenvalue weighted by Gasteiger charge is 2.34. The van der Waals surface area contributed by atoms with E-state index in [1.165, 1.54) is 4.90 Å². The van der Waals surface area contributed by atoms with Crippen molar-refractivity contribution in [2.24, 2.45) is 0 Å². The molecule has 3 aromatic heterocycles. The van der Waals surface area contributed by atoms with Crippen LogP contribution in [-0.4, -0.2) is 87.1 Å². The maximum Gasteiger partial charge on any atom is 0.397 e. The first-order chi connectivity index (χ1) is 18.6. The van der Waals surface area contributed by atoms with E-state index in [2.05, 4.69) is 35.1 Å². The average Bonchev–Trinajstić information content (AvgIpc) is 3.29. The van der Waals surface area contributed by atoms with Gasteiger partial charge in [-0.3, -0.25) is 14.7 Å². The number of fused-ring (bicyclic) bond motifs is 1. The number of hydrogen-bond donors (Lipinski definition) is 2. The SMILES string of the molecule is CN(C)c1nccnc1-c1ccc2nc(Nc3cc(CN4CCN(C(=O)CC(F)(F)F)CC4)ccn3)[nH]c2c1. The number of piperazine rings is 1. The smallest absolute Gasteiger partial charge is 0.361 e. The number of amides is 1. The van der Waals surface area contributed by atoms with Crippen LogP contribution in [0, 0.1) is 0 Å². The molecule has 0 bridgehead atoms. The summed E-state index contributed by atoms with van der Waals surface area (Å²) in [7, 11) is 3.84. The maximum absolute atomic E-state index is 12.5. The largest absolute Gasteiger partial charge is 0.397 e. The van der Waals surface area contributed by atoms with Crippen molar-refractivity contribution in [3.8, 4) is 11.3 Å². The van der Waals surface area contributed by atoms with Crippen molar-refractivity contribution >= 4 is 34.5 Å². The fourth-order valence-corrected chi connectivity index (χ4v) is 4.54. The molecular formula is C26H28F3N9O. The summed E-state index contributed by atoms with van der Waals surface area (Å²) < 4.78 is 37.6. The molecule has 0 radical (unpaired) electrons. The molecule has 1 aliphatic heterocycles. The van der Waals surface area contributed by atoms with Crippen LogP contribution >= 0.6 is 0 Å². The lowest BCUT2D eigenvalue weighted by Gasteiger charge is -2.35. The van der Waals surface area contributed by atoms with Crippen LogP contribution in [0.4, 0.5) is 30.8 Å². The van der Waals surface area contributed by atoms with Gasteiger partial charge in [0.1, 0.15) is 17.9 Å². The van der Waals surface area contributed by atoms with Crippen molar-refractivity contribution in [1.82, 2.24) is 34.7 Å². The van der Waals surface area contributed by atoms with Crippen LogP contribution in [0.25, 0.3) is 22.3 Å². The van der Waals surface area contributed by atoms with Crippen molar-refractivity contribution in [2.75, 3.05) is 50.5 Å². The van der Waals surface area contributed by atoms with Gasteiger partial charge in [0.15, 0.2) is 5.82 Å². The predicted molar refractivity (Wildman–Crippen MR) is 141 cm³/mol. The molecule has 1 aliphatic rings. The highest BCUT2D eigenvalue weighted by molar-refractivity contribution is 5.85. The third-order valence-electron chi connectivity index (χ3n) is 6.41. The third-order valence-corrected chi connectivity index (χ3v) is 6.41. The summed E-state index contributed by atoms with van der Waals surface area (Å²) in [4.78, 5) is 38.4. The Morgan fingerprint density at radius 1 is 1.03 bits per heavy atom. The van der Waals surface area contributed by atoms with Gasteiger partial charge in [0, 0.05) is 71.0 Å². The molecule has 0 spiro atoms. The van der Waals surface area contributed by atoms with Crippen molar-refractivity contribution in [3.63, 3.8) is 0 Å². The lowest BCUT2D eigenvalue weighted by Crippen LogP contribution is -2.49. The number of imidazole rings is 1. The van der Waals surface area contributed by atoms with E-state index in [-0.39, 0.29) is 13.1 Å². The lowest BCUT2D eigenvalue weighted by molar-refractivity contribution is -0.162. The molecule has 1 amide bonds. The highest BCUT2D eigenvalue weighted by atomic mass is 19.4. The zero-order valence-electron chi connectivity index (χ0n) is 21.5. The Bertz CT molecular complexity index is 1460. The number of benzene rings is 1. The van der Waals surface area contributed by atoms with E-state index < -0.39 is 18.5 Å². The Labute approximate surface area is 222 Å². The van der Waals surface area contributed by atoms with E-state index in [0.29, 0.717) is 31.4 Å². The number of anilines is 3. The molecule has 1 aromatic carbocycles. The van der Waals surface area contributed by atoms with Crippen LogP contribution < -0.4 is 10.2 Å². The van der Waals surface area contributed by atoms with E-state index in [9.17, 15) is 18.0 Å². The summed E-state index contributed by atoms with van der Waals surface area (Å²) in [5.41, 5.74) is 4.29. The van der Waals surface area contributed by atoms with E-state index in [4.69, 9.17) is 0 Å². The molecule has 0 aliphatic carbocycles. The number of carbonyl (C=O) groups is 1. The first-order valence-corrected chi connectivity index (χ1v) is 12.4. The van der Waals surface area contributed by atoms with Crippen LogP contribution in [-0.2, 0) is 11.3 Å². The number of H-pyrrole nitrogens is 1. The van der Waals surface area contributed by atoms with E-state index in [1.807, 2.05) is 49.3 Å². The highest BCUT2D eigenvalue weighted by Crippen LogP contribution is 2.29. The van der Waals surface area contributed by atoms with Crippen LogP contribution in [0.5, 0.6) is 0 Å². The molecule has 204 valence electrons. The van der Waals surface area contributed by atoms with Gasteiger partial charge in [0.05, 0.1) is 11.0 Å². The van der Waals surface area contributed by atoms with Gasteiger partial charge in [-0.1, -0.05) is 6.07 Å². The summed E-state index contributed by atoms with van der Waals surface area (Å²) in [6.45, 7) is 2.14. The van der Waals surface area contributed by atoms with Crippen molar-refractivity contribution in [1.29, 1.82) is 0 Å². The molecule has 13 heteroatoms. The number of aromatic nitrogens is 5. The summed E-state index contributed by atoms with van der Waals surface area (Å²) in [5.74, 6) is 1.04. The normalized spacial score (nSPS) is 14.5. The maximum atomic E-state index is 12.5. The number of hydrogen-bond acceptors (Lipinski definition) is 8. The van der Waals surface area contributed by atoms with Crippen molar-refractivity contribution in [3.05, 3.63) is 54.5 Å². The van der Waals surface area contributed by atoms with Crippen LogP contribution in [0.3, 0.4) is 0 Å². The van der Waals surface area contributed by atoms with Crippen molar-refractivity contribution in [2.45, 2.75) is 19.1 Å². The quantitative estimate of drug-likeness (QED) is 0.365. The second-order valence-electron chi connectivity index (χ2n) is 9.56. The number of aromatic amines is 1. The Balaban J connectivity index is 1.23. The molecule has 0 atom stereocenters. The number of alkyl halides is 3. The van der Waals surface area contributed by atoms with Gasteiger partial charge >= 0.3 is 6.18 Å². The molecule has 4 aromatic rings. The summed E-state index contributed by atoms with van der Waals surface area (Å²) in [6, 6.07) is 9.65. The van der Waals surface area contributed by atoms with Gasteiger partial charge in [-0.05, 0) is 29.8 Å². The minimum atomic E-state index is -4.48. The molecule has 0 saturated carbocycles.